The van der Waals surface area contributed by atoms with Crippen LogP contribution >= 0.6 is 0 Å². The predicted octanol–water partition coefficient (Wildman–Crippen LogP) is 0.999. The number of aliphatic hydroxyl groups is 2. The van der Waals surface area contributed by atoms with Crippen molar-refractivity contribution in [1.29, 1.82) is 0 Å². The molecule has 0 radical (unpaired) electrons. The van der Waals surface area contributed by atoms with E-state index >= 15 is 0 Å². The van der Waals surface area contributed by atoms with Gasteiger partial charge in [-0.05, 0) is 6.92 Å². The topological polar surface area (TPSA) is 40.5 Å². The van der Waals surface area contributed by atoms with Gasteiger partial charge in [-0.15, -0.1) is 5.54 Å². The van der Waals surface area contributed by atoms with Crippen LogP contribution in [0.4, 0.5) is 0 Å². The Labute approximate surface area is 75.6 Å². The second-order valence-electron chi connectivity index (χ2n) is 4.12. The van der Waals surface area contributed by atoms with Crippen LogP contribution in [-0.2, 0) is 0 Å². The van der Waals surface area contributed by atoms with E-state index in [1.807, 2.05) is 0 Å². The van der Waals surface area contributed by atoms with Gasteiger partial charge in [-0.1, -0.05) is 25.6 Å². The van der Waals surface area contributed by atoms with Crippen molar-refractivity contribution in [2.45, 2.75) is 45.2 Å². The SMILES string of the molecule is C[C@@H](O)C[C@@H](O)C#C[Si](C)(C)C. The molecule has 0 aromatic heterocycles. The molecule has 3 heteroatoms. The highest BCUT2D eigenvalue weighted by molar-refractivity contribution is 6.83. The molecule has 0 aliphatic heterocycles. The molecule has 2 nitrogen and oxygen atoms in total. The van der Waals surface area contributed by atoms with E-state index in [1.165, 1.54) is 0 Å². The molecule has 0 aromatic rings. The van der Waals surface area contributed by atoms with E-state index in [2.05, 4.69) is 31.1 Å². The third-order valence-electron chi connectivity index (χ3n) is 1.18. The molecule has 0 amide bonds. The van der Waals surface area contributed by atoms with Crippen LogP contribution in [0.15, 0.2) is 0 Å². The summed E-state index contributed by atoms with van der Waals surface area (Å²) in [7, 11) is -1.37. The molecule has 2 atom stereocenters. The van der Waals surface area contributed by atoms with Crippen molar-refractivity contribution >= 4 is 8.07 Å². The molecule has 0 bridgehead atoms. The molecular formula is C9H18O2Si. The van der Waals surface area contributed by atoms with Crippen LogP contribution in [0.3, 0.4) is 0 Å². The normalized spacial score (nSPS) is 16.2. The fraction of sp³-hybridized carbons (Fsp3) is 0.778. The fourth-order valence-corrected chi connectivity index (χ4v) is 1.28. The second-order valence-corrected chi connectivity index (χ2v) is 8.87. The Kier molecular flexibility index (Phi) is 4.54. The van der Waals surface area contributed by atoms with Crippen LogP contribution in [0.25, 0.3) is 0 Å². The molecule has 0 fully saturated rings. The maximum Gasteiger partial charge on any atom is 0.129 e. The molecule has 0 aliphatic rings. The van der Waals surface area contributed by atoms with Gasteiger partial charge in [0.05, 0.1) is 6.10 Å². The zero-order valence-electron chi connectivity index (χ0n) is 8.26. The van der Waals surface area contributed by atoms with E-state index in [9.17, 15) is 5.11 Å². The summed E-state index contributed by atoms with van der Waals surface area (Å²) in [5, 5.41) is 18.2. The largest absolute Gasteiger partial charge is 0.393 e. The summed E-state index contributed by atoms with van der Waals surface area (Å²) in [5.41, 5.74) is 3.05. The highest BCUT2D eigenvalue weighted by Crippen LogP contribution is 1.99. The lowest BCUT2D eigenvalue weighted by Crippen LogP contribution is -2.19. The van der Waals surface area contributed by atoms with Crippen molar-refractivity contribution in [3.05, 3.63) is 0 Å². The second kappa shape index (κ2) is 4.66. The minimum absolute atomic E-state index is 0.345. The van der Waals surface area contributed by atoms with E-state index in [0.717, 1.165) is 0 Å². The van der Waals surface area contributed by atoms with Crippen molar-refractivity contribution in [3.63, 3.8) is 0 Å². The maximum absolute atomic E-state index is 9.27. The van der Waals surface area contributed by atoms with Crippen LogP contribution in [0.5, 0.6) is 0 Å². The van der Waals surface area contributed by atoms with Gasteiger partial charge in [0.2, 0.25) is 0 Å². The first-order chi connectivity index (χ1) is 5.31. The first kappa shape index (κ1) is 11.7. The maximum atomic E-state index is 9.27. The van der Waals surface area contributed by atoms with E-state index in [1.54, 1.807) is 6.92 Å². The van der Waals surface area contributed by atoms with E-state index in [0.29, 0.717) is 6.42 Å². The van der Waals surface area contributed by atoms with Crippen LogP contribution in [-0.4, -0.2) is 30.5 Å². The van der Waals surface area contributed by atoms with Gasteiger partial charge in [0.15, 0.2) is 0 Å². The lowest BCUT2D eigenvalue weighted by Gasteiger charge is -2.07. The first-order valence-electron chi connectivity index (χ1n) is 4.20. The van der Waals surface area contributed by atoms with Crippen LogP contribution in [0.2, 0.25) is 19.6 Å². The minimum atomic E-state index is -1.37. The summed E-state index contributed by atoms with van der Waals surface area (Å²) in [6.45, 7) is 8.01. The van der Waals surface area contributed by atoms with Gasteiger partial charge in [-0.25, -0.2) is 0 Å². The Balaban J connectivity index is 3.96. The van der Waals surface area contributed by atoms with Crippen LogP contribution in [0, 0.1) is 11.5 Å². The molecule has 0 saturated heterocycles. The van der Waals surface area contributed by atoms with Gasteiger partial charge in [-0.3, -0.25) is 0 Å². The molecule has 0 spiro atoms. The van der Waals surface area contributed by atoms with Gasteiger partial charge in [0.25, 0.3) is 0 Å². The van der Waals surface area contributed by atoms with E-state index in [4.69, 9.17) is 5.11 Å². The van der Waals surface area contributed by atoms with Crippen LogP contribution < -0.4 is 0 Å². The lowest BCUT2D eigenvalue weighted by atomic mass is 10.2. The Morgan fingerprint density at radius 3 is 2.08 bits per heavy atom. The summed E-state index contributed by atoms with van der Waals surface area (Å²) in [6, 6.07) is 0. The number of rotatable bonds is 2. The quantitative estimate of drug-likeness (QED) is 0.499. The summed E-state index contributed by atoms with van der Waals surface area (Å²) in [6.07, 6.45) is -0.801. The first-order valence-corrected chi connectivity index (χ1v) is 7.70. The number of hydrogen-bond acceptors (Lipinski definition) is 2. The molecule has 70 valence electrons. The zero-order chi connectivity index (χ0) is 9.78. The average Bonchev–Trinajstić information content (AvgIpc) is 1.80. The molecule has 0 aliphatic carbocycles. The smallest absolute Gasteiger partial charge is 0.129 e. The van der Waals surface area contributed by atoms with Gasteiger partial charge >= 0.3 is 0 Å². The number of hydrogen-bond donors (Lipinski definition) is 2. The number of aliphatic hydroxyl groups excluding tert-OH is 2. The third-order valence-corrected chi connectivity index (χ3v) is 2.07. The van der Waals surface area contributed by atoms with Crippen molar-refractivity contribution in [2.75, 3.05) is 0 Å². The van der Waals surface area contributed by atoms with Gasteiger partial charge in [0.1, 0.15) is 14.2 Å². The average molecular weight is 186 g/mol. The Bertz CT molecular complexity index is 183. The highest BCUT2D eigenvalue weighted by atomic mass is 28.3. The standard InChI is InChI=1S/C9H18O2Si/c1-8(10)7-9(11)5-6-12(2,3)4/h8-11H,7H2,1-4H3/t8-,9+/m1/s1. The highest BCUT2D eigenvalue weighted by Gasteiger charge is 2.09. The molecule has 0 heterocycles. The van der Waals surface area contributed by atoms with Gasteiger partial charge in [-0.2, -0.15) is 0 Å². The Hall–Kier alpha value is -0.303. The molecule has 0 saturated carbocycles. The fourth-order valence-electron chi connectivity index (χ4n) is 0.682. The van der Waals surface area contributed by atoms with Crippen molar-refractivity contribution < 1.29 is 10.2 Å². The zero-order valence-corrected chi connectivity index (χ0v) is 9.26. The summed E-state index contributed by atoms with van der Waals surface area (Å²) < 4.78 is 0. The lowest BCUT2D eigenvalue weighted by molar-refractivity contribution is 0.121. The van der Waals surface area contributed by atoms with Gasteiger partial charge in [0, 0.05) is 6.42 Å². The third kappa shape index (κ3) is 7.80. The van der Waals surface area contributed by atoms with E-state index in [-0.39, 0.29) is 0 Å². The summed E-state index contributed by atoms with van der Waals surface area (Å²) >= 11 is 0. The van der Waals surface area contributed by atoms with Gasteiger partial charge < -0.3 is 10.2 Å². The Morgan fingerprint density at radius 2 is 1.75 bits per heavy atom. The molecule has 0 unspecified atom stereocenters. The molecule has 12 heavy (non-hydrogen) atoms. The molecule has 0 aromatic carbocycles. The summed E-state index contributed by atoms with van der Waals surface area (Å²) in [4.78, 5) is 0. The minimum Gasteiger partial charge on any atom is -0.393 e. The van der Waals surface area contributed by atoms with Crippen molar-refractivity contribution in [2.24, 2.45) is 0 Å². The monoisotopic (exact) mass is 186 g/mol. The Morgan fingerprint density at radius 1 is 1.25 bits per heavy atom. The molecular weight excluding hydrogens is 168 g/mol. The van der Waals surface area contributed by atoms with Crippen molar-refractivity contribution in [1.82, 2.24) is 0 Å². The molecule has 2 N–H and O–H groups in total. The molecule has 0 rings (SSSR count). The predicted molar refractivity (Wildman–Crippen MR) is 53.4 cm³/mol. The van der Waals surface area contributed by atoms with E-state index < -0.39 is 20.3 Å². The summed E-state index contributed by atoms with van der Waals surface area (Å²) in [5.74, 6) is 2.76. The van der Waals surface area contributed by atoms with Crippen molar-refractivity contribution in [3.8, 4) is 11.5 Å². The van der Waals surface area contributed by atoms with Crippen LogP contribution in [0.1, 0.15) is 13.3 Å².